The van der Waals surface area contributed by atoms with Gasteiger partial charge in [0.05, 0.1) is 18.7 Å². The molecule has 1 aromatic carbocycles. The molecule has 1 saturated heterocycles. The average molecular weight is 292 g/mol. The van der Waals surface area contributed by atoms with Crippen LogP contribution in [0.15, 0.2) is 24.3 Å². The molecule has 1 aromatic rings. The number of nitrogens with one attached hydrogen (secondary N) is 1. The van der Waals surface area contributed by atoms with Crippen molar-refractivity contribution in [1.82, 2.24) is 5.32 Å². The molecule has 1 heterocycles. The summed E-state index contributed by atoms with van der Waals surface area (Å²) in [5.74, 6) is 0.716. The summed E-state index contributed by atoms with van der Waals surface area (Å²) in [5.41, 5.74) is 6.47. The largest absolute Gasteiger partial charge is 0.497 e. The monoisotopic (exact) mass is 292 g/mol. The van der Waals surface area contributed by atoms with Crippen LogP contribution in [0.4, 0.5) is 0 Å². The molecular formula is C16H24N2O3. The molecule has 1 amide bonds. The first-order valence-corrected chi connectivity index (χ1v) is 7.40. The minimum atomic E-state index is -0.807. The maximum absolute atomic E-state index is 12.5. The lowest BCUT2D eigenvalue weighted by Crippen LogP contribution is -2.57. The van der Waals surface area contributed by atoms with Gasteiger partial charge in [-0.05, 0) is 37.0 Å². The number of methoxy groups -OCH3 is 1. The Morgan fingerprint density at radius 2 is 2.00 bits per heavy atom. The van der Waals surface area contributed by atoms with E-state index in [0.29, 0.717) is 26.1 Å². The van der Waals surface area contributed by atoms with Crippen LogP contribution in [0.25, 0.3) is 0 Å². The lowest BCUT2D eigenvalue weighted by Gasteiger charge is -2.33. The molecule has 0 aliphatic carbocycles. The molecule has 0 bridgehead atoms. The van der Waals surface area contributed by atoms with Gasteiger partial charge in [0.15, 0.2) is 0 Å². The Balaban J connectivity index is 2.05. The van der Waals surface area contributed by atoms with Crippen LogP contribution in [-0.2, 0) is 9.53 Å². The predicted molar refractivity (Wildman–Crippen MR) is 81.1 cm³/mol. The molecule has 5 heteroatoms. The number of nitrogens with two attached hydrogens (primary N) is 1. The van der Waals surface area contributed by atoms with E-state index in [1.807, 2.05) is 31.2 Å². The molecule has 0 saturated carbocycles. The molecule has 1 aliphatic heterocycles. The van der Waals surface area contributed by atoms with Gasteiger partial charge in [-0.25, -0.2) is 0 Å². The highest BCUT2D eigenvalue weighted by Gasteiger charge is 2.36. The van der Waals surface area contributed by atoms with E-state index in [1.54, 1.807) is 7.11 Å². The zero-order valence-electron chi connectivity index (χ0n) is 12.7. The van der Waals surface area contributed by atoms with Crippen LogP contribution in [-0.4, -0.2) is 31.8 Å². The Bertz CT molecular complexity index is 467. The number of carbonyl (C=O) groups excluding carboxylic acids is 1. The Labute approximate surface area is 125 Å². The van der Waals surface area contributed by atoms with E-state index in [0.717, 1.165) is 17.7 Å². The van der Waals surface area contributed by atoms with Gasteiger partial charge < -0.3 is 20.5 Å². The van der Waals surface area contributed by atoms with Crippen LogP contribution in [0.5, 0.6) is 5.75 Å². The van der Waals surface area contributed by atoms with Gasteiger partial charge in [-0.15, -0.1) is 0 Å². The molecule has 0 aromatic heterocycles. The molecule has 1 unspecified atom stereocenters. The van der Waals surface area contributed by atoms with Crippen molar-refractivity contribution in [3.8, 4) is 5.75 Å². The maximum Gasteiger partial charge on any atom is 0.240 e. The second-order valence-corrected chi connectivity index (χ2v) is 5.48. The summed E-state index contributed by atoms with van der Waals surface area (Å²) in [6, 6.07) is 7.71. The zero-order chi connectivity index (χ0) is 15.3. The van der Waals surface area contributed by atoms with Crippen LogP contribution in [0.3, 0.4) is 0 Å². The zero-order valence-corrected chi connectivity index (χ0v) is 12.7. The Morgan fingerprint density at radius 3 is 2.52 bits per heavy atom. The number of carbonyl (C=O) groups is 1. The Morgan fingerprint density at radius 1 is 1.38 bits per heavy atom. The van der Waals surface area contributed by atoms with Crippen LogP contribution < -0.4 is 15.8 Å². The number of benzene rings is 1. The van der Waals surface area contributed by atoms with Crippen LogP contribution in [0, 0.1) is 0 Å². The van der Waals surface area contributed by atoms with Crippen molar-refractivity contribution in [3.63, 3.8) is 0 Å². The van der Waals surface area contributed by atoms with E-state index in [4.69, 9.17) is 15.2 Å². The Kier molecular flexibility index (Phi) is 5.20. The normalized spacial score (nSPS) is 18.8. The average Bonchev–Trinajstić information content (AvgIpc) is 2.53. The van der Waals surface area contributed by atoms with E-state index in [1.165, 1.54) is 0 Å². The van der Waals surface area contributed by atoms with Crippen molar-refractivity contribution in [3.05, 3.63) is 29.8 Å². The fraction of sp³-hybridized carbons (Fsp3) is 0.562. The fourth-order valence-corrected chi connectivity index (χ4v) is 2.52. The standard InChI is InChI=1S/C16H24N2O3/c1-3-14(12-4-6-13(20-2)7-5-12)18-15(19)16(17)8-10-21-11-9-16/h4-7,14H,3,8-11,17H2,1-2H3,(H,18,19). The molecule has 1 aliphatic rings. The summed E-state index contributed by atoms with van der Waals surface area (Å²) >= 11 is 0. The summed E-state index contributed by atoms with van der Waals surface area (Å²) in [6.07, 6.45) is 1.94. The highest BCUT2D eigenvalue weighted by atomic mass is 16.5. The van der Waals surface area contributed by atoms with Crippen molar-refractivity contribution < 1.29 is 14.3 Å². The molecule has 21 heavy (non-hydrogen) atoms. The molecule has 1 atom stereocenters. The van der Waals surface area contributed by atoms with Gasteiger partial charge in [0.25, 0.3) is 0 Å². The lowest BCUT2D eigenvalue weighted by atomic mass is 9.89. The lowest BCUT2D eigenvalue weighted by molar-refractivity contribution is -0.130. The van der Waals surface area contributed by atoms with Gasteiger partial charge in [0, 0.05) is 13.2 Å². The summed E-state index contributed by atoms with van der Waals surface area (Å²) in [4.78, 5) is 12.5. The van der Waals surface area contributed by atoms with E-state index in [2.05, 4.69) is 5.32 Å². The third-order valence-electron chi connectivity index (χ3n) is 4.07. The second-order valence-electron chi connectivity index (χ2n) is 5.48. The molecule has 116 valence electrons. The minimum Gasteiger partial charge on any atom is -0.497 e. The topological polar surface area (TPSA) is 73.6 Å². The summed E-state index contributed by atoms with van der Waals surface area (Å²) in [6.45, 7) is 3.13. The van der Waals surface area contributed by atoms with Crippen molar-refractivity contribution in [2.75, 3.05) is 20.3 Å². The van der Waals surface area contributed by atoms with Crippen LogP contribution in [0.1, 0.15) is 37.8 Å². The smallest absolute Gasteiger partial charge is 0.240 e. The highest BCUT2D eigenvalue weighted by Crippen LogP contribution is 2.23. The van der Waals surface area contributed by atoms with Gasteiger partial charge in [0.1, 0.15) is 5.75 Å². The van der Waals surface area contributed by atoms with E-state index >= 15 is 0 Å². The van der Waals surface area contributed by atoms with Crippen molar-refractivity contribution in [2.24, 2.45) is 5.73 Å². The molecule has 0 spiro atoms. The first kappa shape index (κ1) is 15.8. The van der Waals surface area contributed by atoms with E-state index < -0.39 is 5.54 Å². The fourth-order valence-electron chi connectivity index (χ4n) is 2.52. The molecule has 5 nitrogen and oxygen atoms in total. The molecule has 0 radical (unpaired) electrons. The van der Waals surface area contributed by atoms with Gasteiger partial charge in [0.2, 0.25) is 5.91 Å². The minimum absolute atomic E-state index is 0.0355. The molecule has 3 N–H and O–H groups in total. The SMILES string of the molecule is CCC(NC(=O)C1(N)CCOCC1)c1ccc(OC)cc1. The Hall–Kier alpha value is -1.59. The van der Waals surface area contributed by atoms with Crippen LogP contribution >= 0.6 is 0 Å². The quantitative estimate of drug-likeness (QED) is 0.867. The number of hydrogen-bond donors (Lipinski definition) is 2. The molecule has 2 rings (SSSR count). The molecular weight excluding hydrogens is 268 g/mol. The summed E-state index contributed by atoms with van der Waals surface area (Å²) in [5, 5.41) is 3.07. The van der Waals surface area contributed by atoms with Gasteiger partial charge >= 0.3 is 0 Å². The highest BCUT2D eigenvalue weighted by molar-refractivity contribution is 5.86. The van der Waals surface area contributed by atoms with Gasteiger partial charge in [-0.3, -0.25) is 4.79 Å². The van der Waals surface area contributed by atoms with Crippen molar-refractivity contribution in [1.29, 1.82) is 0 Å². The molecule has 1 fully saturated rings. The number of hydrogen-bond acceptors (Lipinski definition) is 4. The maximum atomic E-state index is 12.5. The summed E-state index contributed by atoms with van der Waals surface area (Å²) < 4.78 is 10.4. The third-order valence-corrected chi connectivity index (χ3v) is 4.07. The van der Waals surface area contributed by atoms with E-state index in [9.17, 15) is 4.79 Å². The van der Waals surface area contributed by atoms with Crippen molar-refractivity contribution >= 4 is 5.91 Å². The second kappa shape index (κ2) is 6.91. The van der Waals surface area contributed by atoms with Crippen LogP contribution in [0.2, 0.25) is 0 Å². The predicted octanol–water partition coefficient (Wildman–Crippen LogP) is 1.77. The van der Waals surface area contributed by atoms with Crippen molar-refractivity contribution in [2.45, 2.75) is 37.8 Å². The number of rotatable bonds is 5. The first-order chi connectivity index (χ1) is 10.1. The third kappa shape index (κ3) is 3.74. The number of amides is 1. The first-order valence-electron chi connectivity index (χ1n) is 7.40. The van der Waals surface area contributed by atoms with E-state index in [-0.39, 0.29) is 11.9 Å². The number of ether oxygens (including phenoxy) is 2. The van der Waals surface area contributed by atoms with Gasteiger partial charge in [-0.1, -0.05) is 19.1 Å². The summed E-state index contributed by atoms with van der Waals surface area (Å²) in [7, 11) is 1.64. The van der Waals surface area contributed by atoms with Gasteiger partial charge in [-0.2, -0.15) is 0 Å².